The molecule has 2 aromatic rings. The maximum Gasteiger partial charge on any atom is 0.306 e. The number of carboxylic acid groups (broad SMARTS) is 1. The summed E-state index contributed by atoms with van der Waals surface area (Å²) >= 11 is 0. The van der Waals surface area contributed by atoms with Crippen LogP contribution in [0, 0.1) is 11.8 Å². The Morgan fingerprint density at radius 3 is 2.80 bits per heavy atom. The fraction of sp³-hybridized carbons (Fsp3) is 0.333. The minimum Gasteiger partial charge on any atom is -0.481 e. The van der Waals surface area contributed by atoms with E-state index in [1.165, 1.54) is 0 Å². The van der Waals surface area contributed by atoms with E-state index in [2.05, 4.69) is 4.98 Å². The van der Waals surface area contributed by atoms with Crippen LogP contribution in [0.2, 0.25) is 0 Å². The van der Waals surface area contributed by atoms with Crippen LogP contribution in [-0.4, -0.2) is 40.0 Å². The number of para-hydroxylation sites is 1. The number of rotatable bonds is 3. The maximum atomic E-state index is 12.4. The number of hydrogen-bond acceptors (Lipinski definition) is 2. The molecule has 1 aliphatic rings. The first-order valence-corrected chi connectivity index (χ1v) is 6.66. The molecule has 1 atom stereocenters. The van der Waals surface area contributed by atoms with Gasteiger partial charge in [0.05, 0.1) is 17.0 Å². The number of H-pyrrole nitrogens is 1. The molecular weight excluding hydrogens is 256 g/mol. The van der Waals surface area contributed by atoms with E-state index < -0.39 is 11.9 Å². The Morgan fingerprint density at radius 2 is 2.10 bits per heavy atom. The fourth-order valence-corrected chi connectivity index (χ4v) is 2.63. The molecule has 3 rings (SSSR count). The lowest BCUT2D eigenvalue weighted by Crippen LogP contribution is -2.53. The SMILES string of the molecule is CC(C(=O)O)C1CN(C(=O)c2cccc3cc[nH]c23)C1. The topological polar surface area (TPSA) is 73.4 Å². The molecule has 0 bridgehead atoms. The molecule has 0 saturated carbocycles. The quantitative estimate of drug-likeness (QED) is 0.897. The van der Waals surface area contributed by atoms with Gasteiger partial charge in [0.2, 0.25) is 0 Å². The Labute approximate surface area is 116 Å². The van der Waals surface area contributed by atoms with E-state index in [1.807, 2.05) is 24.4 Å². The zero-order chi connectivity index (χ0) is 14.3. The summed E-state index contributed by atoms with van der Waals surface area (Å²) in [5.41, 5.74) is 1.49. The molecule has 1 aromatic carbocycles. The zero-order valence-electron chi connectivity index (χ0n) is 11.2. The fourth-order valence-electron chi connectivity index (χ4n) is 2.63. The number of carbonyl (C=O) groups excluding carboxylic acids is 1. The lowest BCUT2D eigenvalue weighted by atomic mass is 9.86. The van der Waals surface area contributed by atoms with Crippen LogP contribution in [0.4, 0.5) is 0 Å². The summed E-state index contributed by atoms with van der Waals surface area (Å²) in [5.74, 6) is -1.18. The van der Waals surface area contributed by atoms with Gasteiger partial charge in [-0.25, -0.2) is 0 Å². The predicted octanol–water partition coefficient (Wildman–Crippen LogP) is 1.96. The second kappa shape index (κ2) is 4.67. The highest BCUT2D eigenvalue weighted by molar-refractivity contribution is 6.06. The number of benzene rings is 1. The maximum absolute atomic E-state index is 12.4. The van der Waals surface area contributed by atoms with Crippen molar-refractivity contribution in [3.8, 4) is 0 Å². The Bertz CT molecular complexity index is 671. The van der Waals surface area contributed by atoms with Gasteiger partial charge < -0.3 is 15.0 Å². The molecule has 2 heterocycles. The second-order valence-electron chi connectivity index (χ2n) is 5.34. The molecule has 1 amide bonds. The first-order chi connectivity index (χ1) is 9.58. The number of hydrogen-bond donors (Lipinski definition) is 2. The monoisotopic (exact) mass is 272 g/mol. The van der Waals surface area contributed by atoms with Crippen LogP contribution in [0.1, 0.15) is 17.3 Å². The van der Waals surface area contributed by atoms with Gasteiger partial charge in [-0.1, -0.05) is 19.1 Å². The van der Waals surface area contributed by atoms with Gasteiger partial charge in [0.15, 0.2) is 0 Å². The highest BCUT2D eigenvalue weighted by Crippen LogP contribution is 2.27. The number of amides is 1. The van der Waals surface area contributed by atoms with Crippen molar-refractivity contribution in [1.82, 2.24) is 9.88 Å². The first kappa shape index (κ1) is 12.7. The normalized spacial score (nSPS) is 16.9. The van der Waals surface area contributed by atoms with Gasteiger partial charge in [-0.05, 0) is 12.1 Å². The molecule has 0 spiro atoms. The van der Waals surface area contributed by atoms with E-state index in [1.54, 1.807) is 17.9 Å². The van der Waals surface area contributed by atoms with Crippen molar-refractivity contribution in [2.45, 2.75) is 6.92 Å². The van der Waals surface area contributed by atoms with Gasteiger partial charge in [0.1, 0.15) is 0 Å². The molecule has 0 radical (unpaired) electrons. The molecular formula is C15H16N2O3. The molecule has 1 fully saturated rings. The third-order valence-electron chi connectivity index (χ3n) is 4.11. The number of likely N-dealkylation sites (tertiary alicyclic amines) is 1. The number of aromatic nitrogens is 1. The van der Waals surface area contributed by atoms with Gasteiger partial charge >= 0.3 is 5.97 Å². The average molecular weight is 272 g/mol. The largest absolute Gasteiger partial charge is 0.481 e. The molecule has 5 nitrogen and oxygen atoms in total. The van der Waals surface area contributed by atoms with Crippen LogP contribution in [-0.2, 0) is 4.79 Å². The Hall–Kier alpha value is -2.30. The van der Waals surface area contributed by atoms with Crippen molar-refractivity contribution in [3.63, 3.8) is 0 Å². The minimum absolute atomic E-state index is 0.0353. The molecule has 2 N–H and O–H groups in total. The van der Waals surface area contributed by atoms with E-state index in [9.17, 15) is 9.59 Å². The van der Waals surface area contributed by atoms with Crippen molar-refractivity contribution >= 4 is 22.8 Å². The lowest BCUT2D eigenvalue weighted by Gasteiger charge is -2.41. The minimum atomic E-state index is -0.798. The van der Waals surface area contributed by atoms with E-state index in [-0.39, 0.29) is 11.8 Å². The number of carboxylic acids is 1. The smallest absolute Gasteiger partial charge is 0.306 e. The van der Waals surface area contributed by atoms with E-state index in [0.29, 0.717) is 18.7 Å². The highest BCUT2D eigenvalue weighted by Gasteiger charge is 2.37. The molecule has 1 unspecified atom stereocenters. The molecule has 0 aliphatic carbocycles. The average Bonchev–Trinajstić information content (AvgIpc) is 2.84. The molecule has 1 aliphatic heterocycles. The van der Waals surface area contributed by atoms with Crippen molar-refractivity contribution in [2.75, 3.05) is 13.1 Å². The lowest BCUT2D eigenvalue weighted by molar-refractivity contribution is -0.144. The standard InChI is InChI=1S/C15H16N2O3/c1-9(15(19)20)11-7-17(8-11)14(18)12-4-2-3-10-5-6-16-13(10)12/h2-6,9,11,16H,7-8H2,1H3,(H,19,20). The van der Waals surface area contributed by atoms with Crippen LogP contribution in [0.5, 0.6) is 0 Å². The van der Waals surface area contributed by atoms with Gasteiger partial charge in [0.25, 0.3) is 5.91 Å². The summed E-state index contributed by atoms with van der Waals surface area (Å²) in [6.45, 7) is 2.73. The number of fused-ring (bicyclic) bond motifs is 1. The summed E-state index contributed by atoms with van der Waals surface area (Å²) in [6.07, 6.45) is 1.81. The van der Waals surface area contributed by atoms with E-state index >= 15 is 0 Å². The summed E-state index contributed by atoms with van der Waals surface area (Å²) in [7, 11) is 0. The van der Waals surface area contributed by atoms with Crippen LogP contribution >= 0.6 is 0 Å². The van der Waals surface area contributed by atoms with Gasteiger partial charge in [0, 0.05) is 30.6 Å². The molecule has 1 saturated heterocycles. The van der Waals surface area contributed by atoms with Gasteiger partial charge in [-0.3, -0.25) is 9.59 Å². The highest BCUT2D eigenvalue weighted by atomic mass is 16.4. The van der Waals surface area contributed by atoms with Gasteiger partial charge in [-0.15, -0.1) is 0 Å². The summed E-state index contributed by atoms with van der Waals surface area (Å²) in [5, 5.41) is 9.97. The predicted molar refractivity (Wildman–Crippen MR) is 74.5 cm³/mol. The zero-order valence-corrected chi connectivity index (χ0v) is 11.2. The molecule has 104 valence electrons. The van der Waals surface area contributed by atoms with Gasteiger partial charge in [-0.2, -0.15) is 0 Å². The molecule has 1 aromatic heterocycles. The third kappa shape index (κ3) is 1.95. The number of nitrogens with zero attached hydrogens (tertiary/aromatic N) is 1. The molecule has 5 heteroatoms. The summed E-state index contributed by atoms with van der Waals surface area (Å²) < 4.78 is 0. The van der Waals surface area contributed by atoms with Crippen LogP contribution in [0.25, 0.3) is 10.9 Å². The second-order valence-corrected chi connectivity index (χ2v) is 5.34. The summed E-state index contributed by atoms with van der Waals surface area (Å²) in [4.78, 5) is 28.1. The van der Waals surface area contributed by atoms with Crippen LogP contribution < -0.4 is 0 Å². The molecule has 20 heavy (non-hydrogen) atoms. The summed E-state index contributed by atoms with van der Waals surface area (Å²) in [6, 6.07) is 7.54. The Morgan fingerprint density at radius 1 is 1.35 bits per heavy atom. The van der Waals surface area contributed by atoms with Crippen molar-refractivity contribution < 1.29 is 14.7 Å². The number of aromatic amines is 1. The van der Waals surface area contributed by atoms with E-state index in [0.717, 1.165) is 10.9 Å². The van der Waals surface area contributed by atoms with Crippen LogP contribution in [0.3, 0.4) is 0 Å². The Kier molecular flexibility index (Phi) is 2.97. The van der Waals surface area contributed by atoms with Crippen molar-refractivity contribution in [3.05, 3.63) is 36.0 Å². The van der Waals surface area contributed by atoms with Crippen molar-refractivity contribution in [1.29, 1.82) is 0 Å². The number of nitrogens with one attached hydrogen (secondary N) is 1. The van der Waals surface area contributed by atoms with Crippen molar-refractivity contribution in [2.24, 2.45) is 11.8 Å². The van der Waals surface area contributed by atoms with Crippen LogP contribution in [0.15, 0.2) is 30.5 Å². The first-order valence-electron chi connectivity index (χ1n) is 6.66. The Balaban J connectivity index is 1.76. The van der Waals surface area contributed by atoms with E-state index in [4.69, 9.17) is 5.11 Å². The number of carbonyl (C=O) groups is 2. The third-order valence-corrected chi connectivity index (χ3v) is 4.11. The number of aliphatic carboxylic acids is 1.